The van der Waals surface area contributed by atoms with Gasteiger partial charge in [-0.05, 0) is 26.3 Å². The molecule has 2 N–H and O–H groups in total. The zero-order valence-corrected chi connectivity index (χ0v) is 12.0. The molecule has 1 aromatic rings. The number of thiocarbonyl (C=S) groups is 1. The molecule has 1 aliphatic rings. The van der Waals surface area contributed by atoms with Gasteiger partial charge >= 0.3 is 0 Å². The van der Waals surface area contributed by atoms with E-state index < -0.39 is 11.1 Å². The molecule has 0 radical (unpaired) electrons. The van der Waals surface area contributed by atoms with Gasteiger partial charge in [0.2, 0.25) is 5.54 Å². The molecule has 2 atom stereocenters. The van der Waals surface area contributed by atoms with Crippen molar-refractivity contribution in [2.45, 2.75) is 37.8 Å². The minimum absolute atomic E-state index is 0.0786. The first-order valence-corrected chi connectivity index (χ1v) is 6.46. The van der Waals surface area contributed by atoms with Gasteiger partial charge in [-0.25, -0.2) is 0 Å². The van der Waals surface area contributed by atoms with Crippen molar-refractivity contribution in [1.29, 1.82) is 5.26 Å². The van der Waals surface area contributed by atoms with E-state index in [0.717, 1.165) is 11.1 Å². The fourth-order valence-electron chi connectivity index (χ4n) is 2.58. The fourth-order valence-corrected chi connectivity index (χ4v) is 2.78. The van der Waals surface area contributed by atoms with Crippen molar-refractivity contribution >= 4 is 17.2 Å². The highest BCUT2D eigenvalue weighted by atomic mass is 32.1. The molecular formula is C14H16N4S. The van der Waals surface area contributed by atoms with Gasteiger partial charge in [0.05, 0.1) is 11.5 Å². The zero-order chi connectivity index (χ0) is 14.3. The molecule has 2 rings (SSSR count). The molecule has 0 amide bonds. The zero-order valence-electron chi connectivity index (χ0n) is 11.2. The molecule has 0 aliphatic carbocycles. The van der Waals surface area contributed by atoms with E-state index in [-0.39, 0.29) is 10.9 Å². The Morgan fingerprint density at radius 3 is 2.37 bits per heavy atom. The Kier molecular flexibility index (Phi) is 3.15. The molecule has 0 bridgehead atoms. The summed E-state index contributed by atoms with van der Waals surface area (Å²) in [5, 5.41) is 17.9. The van der Waals surface area contributed by atoms with Crippen LogP contribution in [0.1, 0.15) is 30.9 Å². The molecular weight excluding hydrogens is 256 g/mol. The van der Waals surface area contributed by atoms with Gasteiger partial charge in [0.1, 0.15) is 11.1 Å². The SMILES string of the molecule is Cc1ccc([C@H]2C(C)(C)N=N[C@@]2(C#N)C(N)=S)cc1. The van der Waals surface area contributed by atoms with E-state index in [9.17, 15) is 5.26 Å². The van der Waals surface area contributed by atoms with Crippen molar-refractivity contribution < 1.29 is 0 Å². The van der Waals surface area contributed by atoms with Crippen LogP contribution in [0.5, 0.6) is 0 Å². The number of hydrogen-bond donors (Lipinski definition) is 1. The Bertz CT molecular complexity index is 582. The minimum Gasteiger partial charge on any atom is -0.390 e. The second kappa shape index (κ2) is 4.39. The molecule has 0 spiro atoms. The number of aryl methyl sites for hydroxylation is 1. The maximum Gasteiger partial charge on any atom is 0.225 e. The summed E-state index contributed by atoms with van der Waals surface area (Å²) in [5.74, 6) is -0.261. The van der Waals surface area contributed by atoms with E-state index in [1.165, 1.54) is 0 Å². The van der Waals surface area contributed by atoms with Crippen LogP contribution in [-0.2, 0) is 0 Å². The van der Waals surface area contributed by atoms with Gasteiger partial charge in [0, 0.05) is 0 Å². The van der Waals surface area contributed by atoms with E-state index in [0.29, 0.717) is 0 Å². The lowest BCUT2D eigenvalue weighted by Crippen LogP contribution is -2.47. The van der Waals surface area contributed by atoms with Crippen molar-refractivity contribution in [3.8, 4) is 6.07 Å². The second-order valence-corrected chi connectivity index (χ2v) is 5.88. The van der Waals surface area contributed by atoms with Gasteiger partial charge in [-0.2, -0.15) is 15.5 Å². The third-order valence-corrected chi connectivity index (χ3v) is 3.86. The summed E-state index contributed by atoms with van der Waals surface area (Å²) in [6.07, 6.45) is 0. The molecule has 4 nitrogen and oxygen atoms in total. The lowest BCUT2D eigenvalue weighted by molar-refractivity contribution is 0.423. The molecule has 5 heteroatoms. The molecule has 0 fully saturated rings. The van der Waals surface area contributed by atoms with Gasteiger partial charge in [0.25, 0.3) is 0 Å². The van der Waals surface area contributed by atoms with Crippen LogP contribution in [0.3, 0.4) is 0 Å². The van der Waals surface area contributed by atoms with Crippen LogP contribution >= 0.6 is 12.2 Å². The van der Waals surface area contributed by atoms with Crippen LogP contribution < -0.4 is 5.73 Å². The van der Waals surface area contributed by atoms with E-state index >= 15 is 0 Å². The summed E-state index contributed by atoms with van der Waals surface area (Å²) in [5.41, 5.74) is 6.17. The molecule has 19 heavy (non-hydrogen) atoms. The number of nitrogens with zero attached hydrogens (tertiary/aromatic N) is 3. The van der Waals surface area contributed by atoms with Crippen LogP contribution in [0.4, 0.5) is 0 Å². The molecule has 0 saturated heterocycles. The first-order valence-electron chi connectivity index (χ1n) is 6.05. The summed E-state index contributed by atoms with van der Waals surface area (Å²) in [7, 11) is 0. The lowest BCUT2D eigenvalue weighted by Gasteiger charge is -2.31. The average molecular weight is 272 g/mol. The van der Waals surface area contributed by atoms with E-state index in [2.05, 4.69) is 16.3 Å². The third-order valence-electron chi connectivity index (χ3n) is 3.55. The van der Waals surface area contributed by atoms with Gasteiger partial charge < -0.3 is 5.73 Å². The largest absolute Gasteiger partial charge is 0.390 e. The predicted octanol–water partition coefficient (Wildman–Crippen LogP) is 2.87. The van der Waals surface area contributed by atoms with Crippen molar-refractivity contribution in [3.05, 3.63) is 35.4 Å². The Morgan fingerprint density at radius 1 is 1.32 bits per heavy atom. The highest BCUT2D eigenvalue weighted by molar-refractivity contribution is 7.80. The normalized spacial score (nSPS) is 28.0. The number of hydrogen-bond acceptors (Lipinski definition) is 4. The van der Waals surface area contributed by atoms with Crippen LogP contribution in [0, 0.1) is 18.3 Å². The maximum absolute atomic E-state index is 9.53. The minimum atomic E-state index is -1.24. The molecule has 1 heterocycles. The molecule has 1 aromatic carbocycles. The summed E-state index contributed by atoms with van der Waals surface area (Å²) >= 11 is 5.07. The van der Waals surface area contributed by atoms with Crippen molar-refractivity contribution in [2.24, 2.45) is 16.0 Å². The predicted molar refractivity (Wildman–Crippen MR) is 78.0 cm³/mol. The average Bonchev–Trinajstić information content (AvgIpc) is 2.63. The molecule has 0 unspecified atom stereocenters. The Hall–Kier alpha value is -1.80. The highest BCUT2D eigenvalue weighted by Gasteiger charge is 2.55. The summed E-state index contributed by atoms with van der Waals surface area (Å²) in [4.78, 5) is 0.0786. The summed E-state index contributed by atoms with van der Waals surface area (Å²) < 4.78 is 0. The first kappa shape index (κ1) is 13.6. The quantitative estimate of drug-likeness (QED) is 0.841. The Morgan fingerprint density at radius 2 is 1.89 bits per heavy atom. The molecule has 1 aliphatic heterocycles. The number of azo groups is 1. The maximum atomic E-state index is 9.53. The van der Waals surface area contributed by atoms with E-state index in [4.69, 9.17) is 18.0 Å². The molecule has 0 saturated carbocycles. The highest BCUT2D eigenvalue weighted by Crippen LogP contribution is 2.47. The third kappa shape index (κ3) is 2.02. The van der Waals surface area contributed by atoms with Crippen molar-refractivity contribution in [1.82, 2.24) is 0 Å². The van der Waals surface area contributed by atoms with Crippen molar-refractivity contribution in [2.75, 3.05) is 0 Å². The van der Waals surface area contributed by atoms with Crippen LogP contribution in [0.2, 0.25) is 0 Å². The summed E-state index contributed by atoms with van der Waals surface area (Å²) in [6, 6.07) is 10.2. The second-order valence-electron chi connectivity index (χ2n) is 5.44. The number of nitrogens with two attached hydrogens (primary N) is 1. The van der Waals surface area contributed by atoms with Gasteiger partial charge in [-0.15, -0.1) is 0 Å². The van der Waals surface area contributed by atoms with Gasteiger partial charge in [-0.1, -0.05) is 42.0 Å². The van der Waals surface area contributed by atoms with Crippen LogP contribution in [0.25, 0.3) is 0 Å². The monoisotopic (exact) mass is 272 g/mol. The molecule has 98 valence electrons. The number of benzene rings is 1. The van der Waals surface area contributed by atoms with Gasteiger partial charge in [0.15, 0.2) is 0 Å². The lowest BCUT2D eigenvalue weighted by atomic mass is 9.71. The number of rotatable bonds is 2. The van der Waals surface area contributed by atoms with E-state index in [1.807, 2.05) is 45.0 Å². The number of nitriles is 1. The Labute approximate surface area is 118 Å². The summed E-state index contributed by atoms with van der Waals surface area (Å²) in [6.45, 7) is 5.90. The van der Waals surface area contributed by atoms with Crippen LogP contribution in [-0.4, -0.2) is 16.1 Å². The van der Waals surface area contributed by atoms with Gasteiger partial charge in [-0.3, -0.25) is 0 Å². The van der Waals surface area contributed by atoms with E-state index in [1.54, 1.807) is 0 Å². The Balaban J connectivity index is 2.60. The first-order chi connectivity index (χ1) is 8.83. The fraction of sp³-hybridized carbons (Fsp3) is 0.429. The standard InChI is InChI=1S/C14H16N4S/c1-9-4-6-10(7-5-9)11-13(2,3)17-18-14(11,8-15)12(16)19/h4-7,11H,1-3H3,(H2,16,19)/t11-,14+/m0/s1. The van der Waals surface area contributed by atoms with Crippen LogP contribution in [0.15, 0.2) is 34.5 Å². The molecule has 0 aromatic heterocycles. The smallest absolute Gasteiger partial charge is 0.225 e. The van der Waals surface area contributed by atoms with Crippen molar-refractivity contribution in [3.63, 3.8) is 0 Å². The topological polar surface area (TPSA) is 74.5 Å².